The van der Waals surface area contributed by atoms with Crippen molar-refractivity contribution >= 4 is 11.6 Å². The summed E-state index contributed by atoms with van der Waals surface area (Å²) < 4.78 is 26.1. The zero-order valence-corrected chi connectivity index (χ0v) is 12.9. The summed E-state index contributed by atoms with van der Waals surface area (Å²) in [5.74, 6) is -0.913. The molecule has 1 heterocycles. The molecular weight excluding hydrogens is 288 g/mol. The molecule has 1 aliphatic heterocycles. The maximum atomic E-state index is 13.1. The molecule has 1 fully saturated rings. The topological polar surface area (TPSA) is 44.4 Å². The number of nitrogens with zero attached hydrogens (tertiary/aromatic N) is 1. The van der Waals surface area contributed by atoms with E-state index in [2.05, 4.69) is 15.5 Å². The number of hydrogen-bond donors (Lipinski definition) is 2. The molecule has 0 aromatic heterocycles. The third kappa shape index (κ3) is 5.35. The number of rotatable bonds is 6. The van der Waals surface area contributed by atoms with E-state index in [4.69, 9.17) is 0 Å². The van der Waals surface area contributed by atoms with Crippen molar-refractivity contribution < 1.29 is 13.6 Å². The molecule has 22 heavy (non-hydrogen) atoms. The molecule has 0 aliphatic carbocycles. The van der Waals surface area contributed by atoms with Crippen LogP contribution in [0.2, 0.25) is 0 Å². The van der Waals surface area contributed by atoms with E-state index < -0.39 is 11.6 Å². The molecule has 1 amide bonds. The van der Waals surface area contributed by atoms with Crippen LogP contribution >= 0.6 is 0 Å². The maximum Gasteiger partial charge on any atom is 0.238 e. The van der Waals surface area contributed by atoms with Gasteiger partial charge in [0, 0.05) is 11.8 Å². The van der Waals surface area contributed by atoms with E-state index in [0.717, 1.165) is 50.7 Å². The molecule has 1 aromatic carbocycles. The van der Waals surface area contributed by atoms with Gasteiger partial charge in [0.25, 0.3) is 0 Å². The Morgan fingerprint density at radius 1 is 1.23 bits per heavy atom. The van der Waals surface area contributed by atoms with E-state index in [1.807, 2.05) is 7.05 Å². The lowest BCUT2D eigenvalue weighted by molar-refractivity contribution is -0.117. The van der Waals surface area contributed by atoms with Crippen molar-refractivity contribution in [3.8, 4) is 0 Å². The van der Waals surface area contributed by atoms with Crippen LogP contribution in [0.5, 0.6) is 0 Å². The smallest absolute Gasteiger partial charge is 0.238 e. The van der Waals surface area contributed by atoms with E-state index in [9.17, 15) is 13.6 Å². The zero-order chi connectivity index (χ0) is 15.9. The molecule has 6 heteroatoms. The maximum absolute atomic E-state index is 13.1. The Balaban J connectivity index is 1.76. The summed E-state index contributed by atoms with van der Waals surface area (Å²) in [6.07, 6.45) is 3.34. The largest absolute Gasteiger partial charge is 0.325 e. The van der Waals surface area contributed by atoms with Crippen LogP contribution in [0.15, 0.2) is 18.2 Å². The van der Waals surface area contributed by atoms with Crippen molar-refractivity contribution in [3.05, 3.63) is 29.8 Å². The van der Waals surface area contributed by atoms with Crippen LogP contribution < -0.4 is 10.6 Å². The monoisotopic (exact) mass is 311 g/mol. The summed E-state index contributed by atoms with van der Waals surface area (Å²) in [4.78, 5) is 14.0. The quantitative estimate of drug-likeness (QED) is 0.847. The molecule has 0 radical (unpaired) electrons. The molecule has 1 aliphatic rings. The van der Waals surface area contributed by atoms with Gasteiger partial charge in [0.15, 0.2) is 0 Å². The number of likely N-dealkylation sites (tertiary alicyclic amines) is 1. The highest BCUT2D eigenvalue weighted by Gasteiger charge is 2.20. The first-order valence-electron chi connectivity index (χ1n) is 7.69. The first-order chi connectivity index (χ1) is 10.6. The van der Waals surface area contributed by atoms with Crippen LogP contribution in [0, 0.1) is 17.6 Å². The number of carbonyl (C=O) groups is 1. The Labute approximate surface area is 129 Å². The molecule has 0 saturated carbocycles. The average Bonchev–Trinajstić information content (AvgIpc) is 2.45. The highest BCUT2D eigenvalue weighted by molar-refractivity contribution is 5.92. The predicted octanol–water partition coefficient (Wildman–Crippen LogP) is 2.22. The van der Waals surface area contributed by atoms with Crippen LogP contribution in [0.1, 0.15) is 19.3 Å². The molecule has 2 rings (SSSR count). The Hall–Kier alpha value is -1.53. The summed E-state index contributed by atoms with van der Waals surface area (Å²) in [6.45, 7) is 3.06. The van der Waals surface area contributed by atoms with Gasteiger partial charge in [-0.2, -0.15) is 0 Å². The van der Waals surface area contributed by atoms with E-state index in [1.165, 1.54) is 6.42 Å². The number of benzene rings is 1. The lowest BCUT2D eigenvalue weighted by Crippen LogP contribution is -2.39. The Bertz CT molecular complexity index is 482. The van der Waals surface area contributed by atoms with Crippen molar-refractivity contribution in [3.63, 3.8) is 0 Å². The van der Waals surface area contributed by atoms with Gasteiger partial charge in [-0.15, -0.1) is 0 Å². The van der Waals surface area contributed by atoms with Gasteiger partial charge in [-0.3, -0.25) is 9.69 Å². The minimum Gasteiger partial charge on any atom is -0.325 e. The highest BCUT2D eigenvalue weighted by Crippen LogP contribution is 2.20. The minimum atomic E-state index is -0.694. The first-order valence-corrected chi connectivity index (χ1v) is 7.69. The van der Waals surface area contributed by atoms with Crippen molar-refractivity contribution in [1.29, 1.82) is 0 Å². The van der Waals surface area contributed by atoms with Gasteiger partial charge in [0.05, 0.1) is 6.54 Å². The molecule has 1 saturated heterocycles. The summed E-state index contributed by atoms with van der Waals surface area (Å²) in [5.41, 5.74) is 0.159. The fourth-order valence-corrected chi connectivity index (χ4v) is 2.81. The van der Waals surface area contributed by atoms with Crippen molar-refractivity contribution in [2.75, 3.05) is 38.5 Å². The van der Waals surface area contributed by atoms with Crippen LogP contribution in [0.3, 0.4) is 0 Å². The van der Waals surface area contributed by atoms with Gasteiger partial charge < -0.3 is 10.6 Å². The van der Waals surface area contributed by atoms with E-state index >= 15 is 0 Å². The van der Waals surface area contributed by atoms with Crippen LogP contribution in [-0.2, 0) is 4.79 Å². The highest BCUT2D eigenvalue weighted by atomic mass is 19.1. The third-order valence-corrected chi connectivity index (χ3v) is 4.02. The molecule has 4 nitrogen and oxygen atoms in total. The van der Waals surface area contributed by atoms with Crippen LogP contribution in [0.4, 0.5) is 14.5 Å². The zero-order valence-electron chi connectivity index (χ0n) is 12.9. The molecule has 0 spiro atoms. The van der Waals surface area contributed by atoms with Gasteiger partial charge in [0.2, 0.25) is 5.91 Å². The number of nitrogens with one attached hydrogen (secondary N) is 2. The average molecular weight is 311 g/mol. The van der Waals surface area contributed by atoms with Gasteiger partial charge in [0.1, 0.15) is 11.6 Å². The standard InChI is InChI=1S/C16H23F2N3O/c1-19-5-2-12-3-6-21(7-4-12)11-16(22)20-15-9-13(17)8-14(18)10-15/h8-10,12,19H,2-7,11H2,1H3,(H,20,22). The Morgan fingerprint density at radius 3 is 2.45 bits per heavy atom. The fraction of sp³-hybridized carbons (Fsp3) is 0.562. The van der Waals surface area contributed by atoms with Gasteiger partial charge >= 0.3 is 0 Å². The normalized spacial score (nSPS) is 16.7. The molecule has 1 aromatic rings. The number of carbonyl (C=O) groups excluding carboxylic acids is 1. The van der Waals surface area contributed by atoms with E-state index in [0.29, 0.717) is 5.92 Å². The fourth-order valence-electron chi connectivity index (χ4n) is 2.81. The number of hydrogen-bond acceptors (Lipinski definition) is 3. The van der Waals surface area contributed by atoms with Crippen molar-refractivity contribution in [2.24, 2.45) is 5.92 Å². The van der Waals surface area contributed by atoms with Crippen molar-refractivity contribution in [2.45, 2.75) is 19.3 Å². The lowest BCUT2D eigenvalue weighted by atomic mass is 9.93. The van der Waals surface area contributed by atoms with Crippen LogP contribution in [-0.4, -0.2) is 44.0 Å². The lowest BCUT2D eigenvalue weighted by Gasteiger charge is -2.31. The second-order valence-electron chi connectivity index (χ2n) is 5.82. The SMILES string of the molecule is CNCCC1CCN(CC(=O)Nc2cc(F)cc(F)c2)CC1. The van der Waals surface area contributed by atoms with Crippen LogP contribution in [0.25, 0.3) is 0 Å². The number of piperidine rings is 1. The molecule has 0 atom stereocenters. The van der Waals surface area contributed by atoms with E-state index in [1.54, 1.807) is 0 Å². The summed E-state index contributed by atoms with van der Waals surface area (Å²) >= 11 is 0. The molecule has 122 valence electrons. The molecule has 2 N–H and O–H groups in total. The third-order valence-electron chi connectivity index (χ3n) is 4.02. The van der Waals surface area contributed by atoms with Gasteiger partial charge in [-0.1, -0.05) is 0 Å². The summed E-state index contributed by atoms with van der Waals surface area (Å²) in [7, 11) is 1.95. The van der Waals surface area contributed by atoms with Gasteiger partial charge in [-0.05, 0) is 64.0 Å². The number of anilines is 1. The Kier molecular flexibility index (Phi) is 6.27. The first kappa shape index (κ1) is 16.8. The predicted molar refractivity (Wildman–Crippen MR) is 82.7 cm³/mol. The number of amides is 1. The second-order valence-corrected chi connectivity index (χ2v) is 5.82. The van der Waals surface area contributed by atoms with E-state index in [-0.39, 0.29) is 18.1 Å². The molecule has 0 bridgehead atoms. The summed E-state index contributed by atoms with van der Waals surface area (Å²) in [5, 5.41) is 5.70. The summed E-state index contributed by atoms with van der Waals surface area (Å²) in [6, 6.07) is 3.02. The molecule has 0 unspecified atom stereocenters. The van der Waals surface area contributed by atoms with Crippen molar-refractivity contribution in [1.82, 2.24) is 10.2 Å². The number of halogens is 2. The minimum absolute atomic E-state index is 0.159. The van der Waals surface area contributed by atoms with Gasteiger partial charge in [-0.25, -0.2) is 8.78 Å². The second kappa shape index (κ2) is 8.19. The molecular formula is C16H23F2N3O. The Morgan fingerprint density at radius 2 is 1.86 bits per heavy atom.